The Morgan fingerprint density at radius 3 is 2.34 bits per heavy atom. The zero-order valence-corrected chi connectivity index (χ0v) is 17.7. The van der Waals surface area contributed by atoms with Crippen LogP contribution in [0.15, 0.2) is 60.8 Å². The maximum absolute atomic E-state index is 5.47. The molecule has 9 heteroatoms. The second-order valence-electron chi connectivity index (χ2n) is 7.27. The molecule has 32 heavy (non-hydrogen) atoms. The lowest BCUT2D eigenvalue weighted by atomic mass is 10.2. The van der Waals surface area contributed by atoms with Crippen LogP contribution in [0.4, 0.5) is 29.2 Å². The monoisotopic (exact) mass is 429 g/mol. The molecular weight excluding hydrogens is 406 g/mol. The zero-order valence-electron chi connectivity index (χ0n) is 17.7. The van der Waals surface area contributed by atoms with Crippen LogP contribution in [0, 0.1) is 0 Å². The van der Waals surface area contributed by atoms with Gasteiger partial charge in [0.1, 0.15) is 5.75 Å². The smallest absolute Gasteiger partial charge is 0.233 e. The molecule has 9 nitrogen and oxygen atoms in total. The van der Waals surface area contributed by atoms with E-state index >= 15 is 0 Å². The van der Waals surface area contributed by atoms with Gasteiger partial charge in [0.25, 0.3) is 0 Å². The number of hydrogen-bond donors (Lipinski definition) is 2. The minimum atomic E-state index is 0.455. The van der Waals surface area contributed by atoms with Crippen molar-refractivity contribution in [2.24, 2.45) is 0 Å². The van der Waals surface area contributed by atoms with Gasteiger partial charge in [0.2, 0.25) is 17.8 Å². The van der Waals surface area contributed by atoms with Crippen LogP contribution in [0.3, 0.4) is 0 Å². The molecule has 3 heterocycles. The van der Waals surface area contributed by atoms with Crippen molar-refractivity contribution >= 4 is 40.1 Å². The quantitative estimate of drug-likeness (QED) is 0.475. The van der Waals surface area contributed by atoms with Gasteiger partial charge in [0.05, 0.1) is 25.8 Å². The number of rotatable bonds is 6. The second-order valence-corrected chi connectivity index (χ2v) is 7.27. The van der Waals surface area contributed by atoms with E-state index in [1.54, 1.807) is 13.3 Å². The van der Waals surface area contributed by atoms with Gasteiger partial charge in [-0.3, -0.25) is 4.98 Å². The first kappa shape index (κ1) is 20.0. The molecule has 1 fully saturated rings. The number of hydrogen-bond acceptors (Lipinski definition) is 9. The number of ether oxygens (including phenoxy) is 2. The number of aromatic nitrogens is 4. The molecule has 1 saturated heterocycles. The molecule has 2 aromatic heterocycles. The van der Waals surface area contributed by atoms with Crippen molar-refractivity contribution in [2.75, 3.05) is 48.9 Å². The summed E-state index contributed by atoms with van der Waals surface area (Å²) in [6, 6.07) is 17.5. The maximum Gasteiger partial charge on any atom is 0.233 e. The van der Waals surface area contributed by atoms with Crippen molar-refractivity contribution in [1.29, 1.82) is 0 Å². The summed E-state index contributed by atoms with van der Waals surface area (Å²) in [5.41, 5.74) is 2.66. The second kappa shape index (κ2) is 9.03. The Bertz CT molecular complexity index is 1210. The summed E-state index contributed by atoms with van der Waals surface area (Å²) < 4.78 is 10.7. The highest BCUT2D eigenvalue weighted by Gasteiger charge is 2.17. The highest BCUT2D eigenvalue weighted by Crippen LogP contribution is 2.24. The van der Waals surface area contributed by atoms with E-state index in [-0.39, 0.29) is 0 Å². The summed E-state index contributed by atoms with van der Waals surface area (Å²) in [4.78, 5) is 20.4. The third-order valence-electron chi connectivity index (χ3n) is 5.12. The Morgan fingerprint density at radius 2 is 1.59 bits per heavy atom. The van der Waals surface area contributed by atoms with Crippen LogP contribution in [-0.4, -0.2) is 53.3 Å². The zero-order chi connectivity index (χ0) is 21.8. The lowest BCUT2D eigenvalue weighted by molar-refractivity contribution is 0.122. The lowest BCUT2D eigenvalue weighted by Crippen LogP contribution is -2.37. The maximum atomic E-state index is 5.47. The Kier molecular flexibility index (Phi) is 5.63. The minimum Gasteiger partial charge on any atom is -0.497 e. The SMILES string of the molecule is COc1ccc(Nc2nc(Nc3ccc4ncccc4c3)nc(N3CCOCC3)n2)cc1. The molecular formula is C23H23N7O2. The summed E-state index contributed by atoms with van der Waals surface area (Å²) in [6.07, 6.45) is 1.78. The first-order chi connectivity index (χ1) is 15.8. The van der Waals surface area contributed by atoms with E-state index in [1.165, 1.54) is 0 Å². The number of nitrogens with zero attached hydrogens (tertiary/aromatic N) is 5. The molecule has 0 bridgehead atoms. The topological polar surface area (TPSA) is 97.3 Å². The standard InChI is InChI=1S/C23H23N7O2/c1-31-19-7-4-17(5-8-19)25-21-27-22(29-23(28-21)30-11-13-32-14-12-30)26-18-6-9-20-16(15-18)3-2-10-24-20/h2-10,15H,11-14H2,1H3,(H2,25,26,27,28,29). The van der Waals surface area contributed by atoms with E-state index in [2.05, 4.69) is 35.5 Å². The number of morpholine rings is 1. The Hall–Kier alpha value is -3.98. The molecule has 0 unspecified atom stereocenters. The number of nitrogens with one attached hydrogen (secondary N) is 2. The Morgan fingerprint density at radius 1 is 0.875 bits per heavy atom. The van der Waals surface area contributed by atoms with Crippen molar-refractivity contribution in [3.05, 3.63) is 60.8 Å². The van der Waals surface area contributed by atoms with Crippen LogP contribution in [-0.2, 0) is 4.74 Å². The molecule has 0 atom stereocenters. The molecule has 0 amide bonds. The highest BCUT2D eigenvalue weighted by molar-refractivity contribution is 5.82. The van der Waals surface area contributed by atoms with Gasteiger partial charge in [-0.05, 0) is 48.5 Å². The van der Waals surface area contributed by atoms with E-state index in [4.69, 9.17) is 9.47 Å². The van der Waals surface area contributed by atoms with Crippen LogP contribution in [0.2, 0.25) is 0 Å². The van der Waals surface area contributed by atoms with Crippen LogP contribution in [0.1, 0.15) is 0 Å². The van der Waals surface area contributed by atoms with Crippen molar-refractivity contribution in [1.82, 2.24) is 19.9 Å². The molecule has 2 N–H and O–H groups in total. The predicted octanol–water partition coefficient (Wildman–Crippen LogP) is 3.75. The van der Waals surface area contributed by atoms with Gasteiger partial charge in [-0.2, -0.15) is 15.0 Å². The van der Waals surface area contributed by atoms with Gasteiger partial charge >= 0.3 is 0 Å². The molecule has 1 aliphatic heterocycles. The fraction of sp³-hybridized carbons (Fsp3) is 0.217. The first-order valence-electron chi connectivity index (χ1n) is 10.4. The van der Waals surface area contributed by atoms with E-state index in [0.29, 0.717) is 31.1 Å². The van der Waals surface area contributed by atoms with E-state index in [1.807, 2.05) is 54.6 Å². The average molecular weight is 429 g/mol. The number of methoxy groups -OCH3 is 1. The largest absolute Gasteiger partial charge is 0.497 e. The molecule has 162 valence electrons. The number of anilines is 5. The minimum absolute atomic E-state index is 0.455. The molecule has 2 aromatic carbocycles. The fourth-order valence-electron chi connectivity index (χ4n) is 3.47. The summed E-state index contributed by atoms with van der Waals surface area (Å²) in [5, 5.41) is 7.62. The average Bonchev–Trinajstić information content (AvgIpc) is 2.85. The Balaban J connectivity index is 1.45. The van der Waals surface area contributed by atoms with Crippen LogP contribution in [0.25, 0.3) is 10.9 Å². The van der Waals surface area contributed by atoms with Crippen LogP contribution < -0.4 is 20.3 Å². The summed E-state index contributed by atoms with van der Waals surface area (Å²) >= 11 is 0. The van der Waals surface area contributed by atoms with Gasteiger partial charge in [-0.15, -0.1) is 0 Å². The van der Waals surface area contributed by atoms with Gasteiger partial charge in [-0.25, -0.2) is 0 Å². The number of benzene rings is 2. The van der Waals surface area contributed by atoms with E-state index in [9.17, 15) is 0 Å². The lowest BCUT2D eigenvalue weighted by Gasteiger charge is -2.27. The Labute approximate surface area is 185 Å². The molecule has 0 radical (unpaired) electrons. The van der Waals surface area contributed by atoms with Crippen molar-refractivity contribution in [3.63, 3.8) is 0 Å². The van der Waals surface area contributed by atoms with Crippen LogP contribution in [0.5, 0.6) is 5.75 Å². The van der Waals surface area contributed by atoms with Gasteiger partial charge in [-0.1, -0.05) is 6.07 Å². The normalized spacial score (nSPS) is 13.7. The third kappa shape index (κ3) is 4.52. The van der Waals surface area contributed by atoms with Crippen molar-refractivity contribution < 1.29 is 9.47 Å². The van der Waals surface area contributed by atoms with E-state index in [0.717, 1.165) is 41.1 Å². The summed E-state index contributed by atoms with van der Waals surface area (Å²) in [5.74, 6) is 2.30. The van der Waals surface area contributed by atoms with Crippen molar-refractivity contribution in [2.45, 2.75) is 0 Å². The molecule has 0 aliphatic carbocycles. The van der Waals surface area contributed by atoms with Gasteiger partial charge in [0.15, 0.2) is 0 Å². The first-order valence-corrected chi connectivity index (χ1v) is 10.4. The van der Waals surface area contributed by atoms with Crippen molar-refractivity contribution in [3.8, 4) is 5.75 Å². The number of fused-ring (bicyclic) bond motifs is 1. The third-order valence-corrected chi connectivity index (χ3v) is 5.12. The molecule has 5 rings (SSSR count). The van der Waals surface area contributed by atoms with Crippen LogP contribution >= 0.6 is 0 Å². The predicted molar refractivity (Wildman–Crippen MR) is 124 cm³/mol. The molecule has 0 spiro atoms. The summed E-state index contributed by atoms with van der Waals surface area (Å²) in [6.45, 7) is 2.75. The van der Waals surface area contributed by atoms with Gasteiger partial charge in [0, 0.05) is 36.0 Å². The van der Waals surface area contributed by atoms with Gasteiger partial charge < -0.3 is 25.0 Å². The molecule has 0 saturated carbocycles. The summed E-state index contributed by atoms with van der Waals surface area (Å²) in [7, 11) is 1.64. The molecule has 1 aliphatic rings. The number of pyridine rings is 1. The fourth-order valence-corrected chi connectivity index (χ4v) is 3.47. The van der Waals surface area contributed by atoms with E-state index < -0.39 is 0 Å². The molecule has 4 aromatic rings. The highest BCUT2D eigenvalue weighted by atomic mass is 16.5.